The van der Waals surface area contributed by atoms with Crippen molar-refractivity contribution in [1.82, 2.24) is 4.31 Å². The molecule has 1 saturated carbocycles. The number of hydrogen-bond acceptors (Lipinski definition) is 4. The second kappa shape index (κ2) is 6.84. The zero-order valence-corrected chi connectivity index (χ0v) is 15.1. The first-order valence-corrected chi connectivity index (χ1v) is 10.1. The summed E-state index contributed by atoms with van der Waals surface area (Å²) in [5.41, 5.74) is 0.795. The van der Waals surface area contributed by atoms with Crippen LogP contribution in [-0.4, -0.2) is 38.2 Å². The van der Waals surface area contributed by atoms with Crippen molar-refractivity contribution in [2.24, 2.45) is 5.92 Å². The number of ketones is 1. The van der Waals surface area contributed by atoms with Crippen LogP contribution in [0.4, 0.5) is 0 Å². The maximum Gasteiger partial charge on any atom is 0.243 e. The highest BCUT2D eigenvalue weighted by molar-refractivity contribution is 7.89. The quantitative estimate of drug-likeness (QED) is 0.837. The highest BCUT2D eigenvalue weighted by atomic mass is 32.2. The molecule has 1 saturated heterocycles. The number of methoxy groups -OCH3 is 1. The number of rotatable bonds is 4. The number of benzene rings is 1. The third kappa shape index (κ3) is 3.09. The van der Waals surface area contributed by atoms with E-state index in [1.165, 1.54) is 0 Å². The molecule has 0 unspecified atom stereocenters. The lowest BCUT2D eigenvalue weighted by molar-refractivity contribution is -0.126. The molecule has 24 heavy (non-hydrogen) atoms. The van der Waals surface area contributed by atoms with E-state index in [9.17, 15) is 13.2 Å². The van der Waals surface area contributed by atoms with Gasteiger partial charge in [-0.3, -0.25) is 4.79 Å². The smallest absolute Gasteiger partial charge is 0.243 e. The Morgan fingerprint density at radius 2 is 1.96 bits per heavy atom. The standard InChI is InChI=1S/C18H25NO4S/c1-13-12-14(9-10-18(13)23-2)24(21,22)19-11-5-7-16(19)15-6-3-4-8-17(15)20/h9-10,12,15-16H,3-8,11H2,1-2H3/t15-,16-/m0/s1. The van der Waals surface area contributed by atoms with Gasteiger partial charge in [-0.15, -0.1) is 0 Å². The summed E-state index contributed by atoms with van der Waals surface area (Å²) in [7, 11) is -2.01. The first-order valence-electron chi connectivity index (χ1n) is 8.64. The molecule has 1 aliphatic heterocycles. The van der Waals surface area contributed by atoms with Crippen molar-refractivity contribution in [3.63, 3.8) is 0 Å². The van der Waals surface area contributed by atoms with Crippen molar-refractivity contribution in [3.8, 4) is 5.75 Å². The summed E-state index contributed by atoms with van der Waals surface area (Å²) < 4.78 is 33.0. The van der Waals surface area contributed by atoms with Gasteiger partial charge in [0.15, 0.2) is 0 Å². The summed E-state index contributed by atoms with van der Waals surface area (Å²) in [4.78, 5) is 12.6. The monoisotopic (exact) mass is 351 g/mol. The molecule has 1 aliphatic carbocycles. The Bertz CT molecular complexity index is 729. The minimum atomic E-state index is -3.58. The minimum absolute atomic E-state index is 0.129. The Balaban J connectivity index is 1.90. The van der Waals surface area contributed by atoms with Gasteiger partial charge in [0.05, 0.1) is 12.0 Å². The van der Waals surface area contributed by atoms with E-state index in [4.69, 9.17) is 4.74 Å². The van der Waals surface area contributed by atoms with Gasteiger partial charge >= 0.3 is 0 Å². The molecule has 2 atom stereocenters. The average Bonchev–Trinajstić information content (AvgIpc) is 3.05. The molecule has 0 aromatic heterocycles. The zero-order valence-electron chi connectivity index (χ0n) is 14.3. The fourth-order valence-electron chi connectivity index (χ4n) is 4.03. The van der Waals surface area contributed by atoms with Gasteiger partial charge in [0, 0.05) is 24.9 Å². The maximum atomic E-state index is 13.1. The molecule has 0 N–H and O–H groups in total. The predicted molar refractivity (Wildman–Crippen MR) is 91.6 cm³/mol. The fraction of sp³-hybridized carbons (Fsp3) is 0.611. The van der Waals surface area contributed by atoms with Gasteiger partial charge in [-0.05, 0) is 56.4 Å². The van der Waals surface area contributed by atoms with Gasteiger partial charge in [-0.2, -0.15) is 4.31 Å². The topological polar surface area (TPSA) is 63.7 Å². The maximum absolute atomic E-state index is 13.1. The normalized spacial score (nSPS) is 25.8. The van der Waals surface area contributed by atoms with E-state index >= 15 is 0 Å². The molecule has 1 heterocycles. The van der Waals surface area contributed by atoms with Gasteiger partial charge in [-0.1, -0.05) is 6.42 Å². The first kappa shape index (κ1) is 17.4. The lowest BCUT2D eigenvalue weighted by atomic mass is 9.82. The number of ether oxygens (including phenoxy) is 1. The van der Waals surface area contributed by atoms with E-state index in [-0.39, 0.29) is 22.6 Å². The molecule has 5 nitrogen and oxygen atoms in total. The molecule has 3 rings (SSSR count). The largest absolute Gasteiger partial charge is 0.496 e. The van der Waals surface area contributed by atoms with Crippen LogP contribution in [0.5, 0.6) is 5.75 Å². The van der Waals surface area contributed by atoms with Crippen molar-refractivity contribution in [1.29, 1.82) is 0 Å². The van der Waals surface area contributed by atoms with E-state index in [2.05, 4.69) is 0 Å². The fourth-order valence-corrected chi connectivity index (χ4v) is 5.84. The van der Waals surface area contributed by atoms with Crippen LogP contribution in [-0.2, 0) is 14.8 Å². The SMILES string of the molecule is COc1ccc(S(=O)(=O)N2CCC[C@H]2[C@@H]2CCCCC2=O)cc1C. The van der Waals surface area contributed by atoms with Crippen molar-refractivity contribution >= 4 is 15.8 Å². The summed E-state index contributed by atoms with van der Waals surface area (Å²) >= 11 is 0. The highest BCUT2D eigenvalue weighted by Gasteiger charge is 2.42. The third-order valence-corrected chi connectivity index (χ3v) is 7.21. The van der Waals surface area contributed by atoms with Crippen LogP contribution in [0.15, 0.2) is 23.1 Å². The second-order valence-corrected chi connectivity index (χ2v) is 8.67. The van der Waals surface area contributed by atoms with E-state index < -0.39 is 10.0 Å². The Labute approximate surface area is 144 Å². The summed E-state index contributed by atoms with van der Waals surface area (Å²) in [6, 6.07) is 4.77. The van der Waals surface area contributed by atoms with E-state index in [0.717, 1.165) is 37.7 Å². The summed E-state index contributed by atoms with van der Waals surface area (Å²) in [6.45, 7) is 2.34. The van der Waals surface area contributed by atoms with Crippen LogP contribution in [0.25, 0.3) is 0 Å². The number of sulfonamides is 1. The van der Waals surface area contributed by atoms with Gasteiger partial charge < -0.3 is 4.74 Å². The molecule has 1 aromatic carbocycles. The molecule has 2 fully saturated rings. The Hall–Kier alpha value is -1.40. The van der Waals surface area contributed by atoms with Gasteiger partial charge in [0.25, 0.3) is 0 Å². The molecule has 0 spiro atoms. The van der Waals surface area contributed by atoms with Crippen molar-refractivity contribution < 1.29 is 17.9 Å². The number of nitrogens with zero attached hydrogens (tertiary/aromatic N) is 1. The van der Waals surface area contributed by atoms with Crippen molar-refractivity contribution in [2.75, 3.05) is 13.7 Å². The number of carbonyl (C=O) groups is 1. The molecule has 2 aliphatic rings. The number of Topliss-reactive ketones (excluding diaryl/α,β-unsaturated/α-hetero) is 1. The number of carbonyl (C=O) groups excluding carboxylic acids is 1. The molecule has 132 valence electrons. The van der Waals surface area contributed by atoms with Crippen LogP contribution in [0.1, 0.15) is 44.1 Å². The van der Waals surface area contributed by atoms with Crippen molar-refractivity contribution in [2.45, 2.75) is 56.4 Å². The Morgan fingerprint density at radius 3 is 2.62 bits per heavy atom. The average molecular weight is 351 g/mol. The van der Waals surface area contributed by atoms with Gasteiger partial charge in [0.2, 0.25) is 10.0 Å². The van der Waals surface area contributed by atoms with Crippen molar-refractivity contribution in [3.05, 3.63) is 23.8 Å². The number of aryl methyl sites for hydroxylation is 1. The lowest BCUT2D eigenvalue weighted by Gasteiger charge is -2.32. The molecule has 0 radical (unpaired) electrons. The number of hydrogen-bond donors (Lipinski definition) is 0. The third-order valence-electron chi connectivity index (χ3n) is 5.29. The highest BCUT2D eigenvalue weighted by Crippen LogP contribution is 2.36. The first-order chi connectivity index (χ1) is 11.4. The summed E-state index contributed by atoms with van der Waals surface area (Å²) in [5, 5.41) is 0. The Kier molecular flexibility index (Phi) is 4.97. The molecule has 0 bridgehead atoms. The Morgan fingerprint density at radius 1 is 1.17 bits per heavy atom. The van der Waals surface area contributed by atoms with Crippen LogP contribution in [0, 0.1) is 12.8 Å². The van der Waals surface area contributed by atoms with Gasteiger partial charge in [-0.25, -0.2) is 8.42 Å². The van der Waals surface area contributed by atoms with Crippen LogP contribution >= 0.6 is 0 Å². The van der Waals surface area contributed by atoms with Crippen LogP contribution in [0.3, 0.4) is 0 Å². The summed E-state index contributed by atoms with van der Waals surface area (Å²) in [6.07, 6.45) is 4.97. The van der Waals surface area contributed by atoms with E-state index in [1.54, 1.807) is 29.6 Å². The predicted octanol–water partition coefficient (Wildman–Crippen LogP) is 2.92. The lowest BCUT2D eigenvalue weighted by Crippen LogP contribution is -2.43. The van der Waals surface area contributed by atoms with E-state index in [1.807, 2.05) is 6.92 Å². The van der Waals surface area contributed by atoms with Crippen LogP contribution in [0.2, 0.25) is 0 Å². The molecule has 6 heteroatoms. The van der Waals surface area contributed by atoms with E-state index in [0.29, 0.717) is 18.7 Å². The molecular formula is C18H25NO4S. The second-order valence-electron chi connectivity index (χ2n) is 6.78. The molecule has 1 aromatic rings. The van der Waals surface area contributed by atoms with Crippen LogP contribution < -0.4 is 4.74 Å². The zero-order chi connectivity index (χ0) is 17.3. The molecular weight excluding hydrogens is 326 g/mol. The summed E-state index contributed by atoms with van der Waals surface area (Å²) in [5.74, 6) is 0.781. The van der Waals surface area contributed by atoms with Gasteiger partial charge in [0.1, 0.15) is 11.5 Å². The molecule has 0 amide bonds. The minimum Gasteiger partial charge on any atom is -0.496 e.